The molecular formula is C38H31F2N7O4. The highest BCUT2D eigenvalue weighted by atomic mass is 19.1. The number of halogens is 2. The lowest BCUT2D eigenvalue weighted by molar-refractivity contribution is 0.130. The van der Waals surface area contributed by atoms with Crippen molar-refractivity contribution in [1.29, 1.82) is 10.5 Å². The van der Waals surface area contributed by atoms with Gasteiger partial charge in [-0.25, -0.2) is 18.6 Å². The van der Waals surface area contributed by atoms with E-state index in [9.17, 15) is 29.6 Å². The second-order valence-electron chi connectivity index (χ2n) is 13.0. The topological polar surface area (TPSA) is 157 Å². The van der Waals surface area contributed by atoms with Crippen LogP contribution in [0.1, 0.15) is 44.1 Å². The molecule has 3 aromatic heterocycles. The van der Waals surface area contributed by atoms with Gasteiger partial charge in [0, 0.05) is 52.9 Å². The highest BCUT2D eigenvalue weighted by Crippen LogP contribution is 2.42. The lowest BCUT2D eigenvalue weighted by Crippen LogP contribution is -2.47. The Balaban J connectivity index is 1.37. The molecule has 0 bridgehead atoms. The predicted molar refractivity (Wildman–Crippen MR) is 186 cm³/mol. The van der Waals surface area contributed by atoms with Crippen LogP contribution in [-0.4, -0.2) is 42.7 Å². The van der Waals surface area contributed by atoms with Crippen molar-refractivity contribution in [3.05, 3.63) is 118 Å². The first-order chi connectivity index (χ1) is 24.3. The van der Waals surface area contributed by atoms with Crippen LogP contribution in [0.25, 0.3) is 22.0 Å². The average Bonchev–Trinajstić information content (AvgIpc) is 3.09. The van der Waals surface area contributed by atoms with Gasteiger partial charge in [-0.3, -0.25) is 19.2 Å². The first-order valence-corrected chi connectivity index (χ1v) is 15.8. The van der Waals surface area contributed by atoms with Crippen molar-refractivity contribution < 1.29 is 23.4 Å². The van der Waals surface area contributed by atoms with Gasteiger partial charge in [-0.15, -0.1) is 0 Å². The summed E-state index contributed by atoms with van der Waals surface area (Å²) in [6.45, 7) is 7.51. The largest absolute Gasteiger partial charge is 0.465 e. The smallest absolute Gasteiger partial charge is 0.409 e. The molecule has 1 aliphatic heterocycles. The molecule has 1 amide bonds. The maximum atomic E-state index is 15.8. The molecule has 2 aromatic carbocycles. The minimum atomic E-state index is -1.40. The van der Waals surface area contributed by atoms with Crippen LogP contribution in [0.4, 0.5) is 25.1 Å². The van der Waals surface area contributed by atoms with E-state index in [1.165, 1.54) is 65.5 Å². The summed E-state index contributed by atoms with van der Waals surface area (Å²) in [7, 11) is 0. The summed E-state index contributed by atoms with van der Waals surface area (Å²) in [5.41, 5.74) is 1.88. The Labute approximate surface area is 291 Å². The van der Waals surface area contributed by atoms with Crippen LogP contribution in [0.5, 0.6) is 11.5 Å². The van der Waals surface area contributed by atoms with Crippen LogP contribution in [-0.2, 0) is 5.41 Å². The quantitative estimate of drug-likeness (QED) is 0.182. The Bertz CT molecular complexity index is 2370. The van der Waals surface area contributed by atoms with Gasteiger partial charge in [-0.1, -0.05) is 20.8 Å². The molecule has 0 aliphatic carbocycles. The van der Waals surface area contributed by atoms with Gasteiger partial charge >= 0.3 is 6.09 Å². The van der Waals surface area contributed by atoms with E-state index in [1.54, 1.807) is 25.1 Å². The minimum Gasteiger partial charge on any atom is -0.465 e. The number of carbonyl (C=O) groups is 1. The van der Waals surface area contributed by atoms with Gasteiger partial charge < -0.3 is 15.2 Å². The molecule has 2 N–H and O–H groups in total. The number of aryl methyl sites for hydroxylation is 1. The monoisotopic (exact) mass is 687 g/mol. The molecule has 2 atom stereocenters. The molecule has 0 radical (unpaired) electrons. The number of rotatable bonds is 6. The van der Waals surface area contributed by atoms with E-state index in [0.29, 0.717) is 33.6 Å². The van der Waals surface area contributed by atoms with Gasteiger partial charge in [0.15, 0.2) is 11.6 Å². The zero-order valence-corrected chi connectivity index (χ0v) is 28.0. The van der Waals surface area contributed by atoms with Gasteiger partial charge in [0.05, 0.1) is 23.2 Å². The van der Waals surface area contributed by atoms with Crippen molar-refractivity contribution in [2.45, 2.75) is 51.6 Å². The highest BCUT2D eigenvalue weighted by molar-refractivity contribution is 5.93. The van der Waals surface area contributed by atoms with Gasteiger partial charge in [-0.05, 0) is 78.6 Å². The number of anilines is 2. The summed E-state index contributed by atoms with van der Waals surface area (Å²) in [6.07, 6.45) is 3.06. The number of amides is 1. The van der Waals surface area contributed by atoms with Crippen LogP contribution in [0.2, 0.25) is 0 Å². The van der Waals surface area contributed by atoms with Crippen molar-refractivity contribution in [1.82, 2.24) is 19.4 Å². The third kappa shape index (κ3) is 6.57. The van der Waals surface area contributed by atoms with E-state index < -0.39 is 40.8 Å². The molecule has 0 fully saturated rings. The fourth-order valence-corrected chi connectivity index (χ4v) is 6.20. The summed E-state index contributed by atoms with van der Waals surface area (Å²) >= 11 is 0. The standard InChI is InChI=1S/C38H31F2N7O4/c1-21-15-22-11-13-44-35(33(22)36(48)46(21)26-8-5-24(39)6-9-26)45-25-7-10-30(29(40)18-25)51-31-12-14-43-34(38(2,3)4)32(31)23-16-27(19-41)47(37(49)50)28(17-23)20-42/h5-16,18,27-28H,17H2,1-4H3,(H,44,45)(H,49,50). The number of aromatic nitrogens is 3. The number of fused-ring (bicyclic) bond motifs is 1. The zero-order chi connectivity index (χ0) is 36.6. The maximum Gasteiger partial charge on any atom is 0.409 e. The van der Waals surface area contributed by atoms with Crippen LogP contribution >= 0.6 is 0 Å². The maximum absolute atomic E-state index is 15.8. The Kier molecular flexibility index (Phi) is 8.98. The number of ether oxygens (including phenoxy) is 1. The van der Waals surface area contributed by atoms with Gasteiger partial charge in [-0.2, -0.15) is 10.5 Å². The van der Waals surface area contributed by atoms with Crippen LogP contribution in [0.3, 0.4) is 0 Å². The van der Waals surface area contributed by atoms with Crippen molar-refractivity contribution in [2.24, 2.45) is 0 Å². The van der Waals surface area contributed by atoms with Crippen LogP contribution in [0.15, 0.2) is 83.9 Å². The van der Waals surface area contributed by atoms with Crippen molar-refractivity contribution in [3.63, 3.8) is 0 Å². The molecule has 0 spiro atoms. The van der Waals surface area contributed by atoms with Crippen LogP contribution < -0.4 is 15.6 Å². The van der Waals surface area contributed by atoms with Gasteiger partial charge in [0.1, 0.15) is 29.5 Å². The van der Waals surface area contributed by atoms with E-state index in [1.807, 2.05) is 32.9 Å². The second-order valence-corrected chi connectivity index (χ2v) is 13.0. The lowest BCUT2D eigenvalue weighted by atomic mass is 9.82. The number of nitrogens with one attached hydrogen (secondary N) is 1. The molecule has 256 valence electrons. The molecule has 0 saturated heterocycles. The van der Waals surface area contributed by atoms with Gasteiger partial charge in [0.2, 0.25) is 0 Å². The van der Waals surface area contributed by atoms with E-state index in [0.717, 1.165) is 4.90 Å². The van der Waals surface area contributed by atoms with E-state index in [-0.39, 0.29) is 34.8 Å². The van der Waals surface area contributed by atoms with E-state index >= 15 is 4.39 Å². The number of carboxylic acid groups (broad SMARTS) is 1. The molecule has 13 heteroatoms. The lowest BCUT2D eigenvalue weighted by Gasteiger charge is -2.34. The summed E-state index contributed by atoms with van der Waals surface area (Å²) in [6, 6.07) is 16.3. The van der Waals surface area contributed by atoms with Crippen LogP contribution in [0, 0.1) is 41.2 Å². The van der Waals surface area contributed by atoms with E-state index in [4.69, 9.17) is 4.74 Å². The Hall–Kier alpha value is -6.60. The molecule has 51 heavy (non-hydrogen) atoms. The molecule has 2 unspecified atom stereocenters. The second kappa shape index (κ2) is 13.4. The third-order valence-electron chi connectivity index (χ3n) is 8.47. The fourth-order valence-electron chi connectivity index (χ4n) is 6.20. The predicted octanol–water partition coefficient (Wildman–Crippen LogP) is 7.75. The SMILES string of the molecule is Cc1cc2ccnc(Nc3ccc(Oc4ccnc(C(C)(C)C)c4C4=CC(C#N)N(C(=O)O)C(C#N)C4)c(F)c3)c2c(=O)n1-c1ccc(F)cc1. The first-order valence-electron chi connectivity index (χ1n) is 15.8. The molecule has 1 aliphatic rings. The highest BCUT2D eigenvalue weighted by Gasteiger charge is 2.37. The number of nitriles is 2. The summed E-state index contributed by atoms with van der Waals surface area (Å²) in [5, 5.41) is 33.2. The molecular weight excluding hydrogens is 656 g/mol. The average molecular weight is 688 g/mol. The third-order valence-corrected chi connectivity index (χ3v) is 8.47. The van der Waals surface area contributed by atoms with Gasteiger partial charge in [0.25, 0.3) is 5.56 Å². The minimum absolute atomic E-state index is 0.0438. The summed E-state index contributed by atoms with van der Waals surface area (Å²) in [5.74, 6) is -0.946. The molecule has 6 rings (SSSR count). The molecule has 5 aromatic rings. The molecule has 4 heterocycles. The van der Waals surface area contributed by atoms with Crippen molar-refractivity contribution in [3.8, 4) is 29.3 Å². The Morgan fingerprint density at radius 3 is 2.37 bits per heavy atom. The number of hydrogen-bond acceptors (Lipinski definition) is 8. The summed E-state index contributed by atoms with van der Waals surface area (Å²) < 4.78 is 37.0. The first kappa shape index (κ1) is 34.3. The zero-order valence-electron chi connectivity index (χ0n) is 28.0. The number of hydrogen-bond donors (Lipinski definition) is 2. The van der Waals surface area contributed by atoms with E-state index in [2.05, 4.69) is 15.3 Å². The molecule has 0 saturated carbocycles. The number of benzene rings is 2. The number of pyridine rings is 3. The molecule has 11 nitrogen and oxygen atoms in total. The number of nitrogens with zero attached hydrogens (tertiary/aromatic N) is 6. The van der Waals surface area contributed by atoms with Crippen molar-refractivity contribution >= 4 is 33.9 Å². The normalized spacial score (nSPS) is 15.8. The fraction of sp³-hybridized carbons (Fsp3) is 0.211. The summed E-state index contributed by atoms with van der Waals surface area (Å²) in [4.78, 5) is 35.4. The van der Waals surface area contributed by atoms with Crippen molar-refractivity contribution in [2.75, 3.05) is 5.32 Å². The Morgan fingerprint density at radius 2 is 1.73 bits per heavy atom. The Morgan fingerprint density at radius 1 is 1.00 bits per heavy atom.